The molecule has 1 amide bonds. The first-order chi connectivity index (χ1) is 11.6. The fourth-order valence-electron chi connectivity index (χ4n) is 1.88. The van der Waals surface area contributed by atoms with Crippen LogP contribution in [0.4, 0.5) is 4.79 Å². The van der Waals surface area contributed by atoms with Crippen molar-refractivity contribution < 1.29 is 18.8 Å². The zero-order chi connectivity index (χ0) is 18.7. The normalized spacial score (nSPS) is 11.9. The largest absolute Gasteiger partial charge is 0.483 e. The van der Waals surface area contributed by atoms with Crippen molar-refractivity contribution in [2.75, 3.05) is 0 Å². The summed E-state index contributed by atoms with van der Waals surface area (Å²) >= 11 is 3.40. The van der Waals surface area contributed by atoms with Gasteiger partial charge in [0, 0.05) is 0 Å². The minimum atomic E-state index is -0.850. The highest BCUT2D eigenvalue weighted by Crippen LogP contribution is 2.25. The lowest BCUT2D eigenvalue weighted by Gasteiger charge is -2.26. The van der Waals surface area contributed by atoms with Crippen LogP contribution in [0.1, 0.15) is 46.3 Å². The minimum Gasteiger partial charge on any atom is -0.483 e. The van der Waals surface area contributed by atoms with Crippen LogP contribution >= 0.6 is 15.9 Å². The predicted octanol–water partition coefficient (Wildman–Crippen LogP) is 4.17. The Hall–Kier alpha value is -2.09. The molecule has 0 saturated heterocycles. The highest BCUT2D eigenvalue weighted by Gasteiger charge is 2.31. The van der Waals surface area contributed by atoms with Gasteiger partial charge in [0.15, 0.2) is 12.4 Å². The van der Waals surface area contributed by atoms with Crippen LogP contribution in [0.5, 0.6) is 5.75 Å². The standard InChI is InChI=1S/C17H22BrN3O4/c1-16(2,3)24-15(22)20-17(4,5)14-19-13(25-21-14)10-23-12-9-7-6-8-11(12)18/h6-9H,10H2,1-5H3,(H,20,22). The Morgan fingerprint density at radius 2 is 1.92 bits per heavy atom. The lowest BCUT2D eigenvalue weighted by atomic mass is 10.1. The number of hydrogen-bond donors (Lipinski definition) is 1. The maximum absolute atomic E-state index is 12.0. The summed E-state index contributed by atoms with van der Waals surface area (Å²) in [5.41, 5.74) is -1.43. The number of amides is 1. The van der Waals surface area contributed by atoms with Crippen LogP contribution in [-0.2, 0) is 16.9 Å². The summed E-state index contributed by atoms with van der Waals surface area (Å²) < 4.78 is 16.9. The number of alkyl carbamates (subject to hydrolysis) is 1. The van der Waals surface area contributed by atoms with E-state index in [0.29, 0.717) is 17.5 Å². The Kier molecular flexibility index (Phi) is 5.72. The van der Waals surface area contributed by atoms with E-state index in [-0.39, 0.29) is 6.61 Å². The van der Waals surface area contributed by atoms with Crippen LogP contribution in [0, 0.1) is 0 Å². The van der Waals surface area contributed by atoms with Crippen molar-refractivity contribution >= 4 is 22.0 Å². The maximum atomic E-state index is 12.0. The summed E-state index contributed by atoms with van der Waals surface area (Å²) in [7, 11) is 0. The molecule has 0 atom stereocenters. The highest BCUT2D eigenvalue weighted by atomic mass is 79.9. The average Bonchev–Trinajstić information content (AvgIpc) is 2.93. The first-order valence-electron chi connectivity index (χ1n) is 7.78. The number of rotatable bonds is 5. The molecule has 2 aromatic rings. The quantitative estimate of drug-likeness (QED) is 0.793. The Labute approximate surface area is 155 Å². The van der Waals surface area contributed by atoms with Gasteiger partial charge in [-0.2, -0.15) is 4.98 Å². The molecule has 136 valence electrons. The summed E-state index contributed by atoms with van der Waals surface area (Å²) in [6, 6.07) is 7.47. The van der Waals surface area contributed by atoms with Crippen molar-refractivity contribution in [3.05, 3.63) is 40.5 Å². The zero-order valence-electron chi connectivity index (χ0n) is 14.9. The SMILES string of the molecule is CC(C)(C)OC(=O)NC(C)(C)c1noc(COc2ccccc2Br)n1. The molecule has 0 unspecified atom stereocenters. The van der Waals surface area contributed by atoms with Gasteiger partial charge in [-0.1, -0.05) is 17.3 Å². The van der Waals surface area contributed by atoms with E-state index < -0.39 is 17.2 Å². The number of carbonyl (C=O) groups excluding carboxylic acids is 1. The summed E-state index contributed by atoms with van der Waals surface area (Å²) in [4.78, 5) is 16.2. The molecular formula is C17H22BrN3O4. The monoisotopic (exact) mass is 411 g/mol. The molecule has 0 aliphatic rings. The molecule has 1 N–H and O–H groups in total. The highest BCUT2D eigenvalue weighted by molar-refractivity contribution is 9.10. The number of halogens is 1. The third-order valence-electron chi connectivity index (χ3n) is 3.03. The van der Waals surface area contributed by atoms with Gasteiger partial charge in [0.2, 0.25) is 0 Å². The number of benzene rings is 1. The van der Waals surface area contributed by atoms with Crippen LogP contribution < -0.4 is 10.1 Å². The van der Waals surface area contributed by atoms with Gasteiger partial charge in [0.05, 0.1) is 4.47 Å². The van der Waals surface area contributed by atoms with Crippen LogP contribution in [0.2, 0.25) is 0 Å². The number of nitrogens with zero attached hydrogens (tertiary/aromatic N) is 2. The summed E-state index contributed by atoms with van der Waals surface area (Å²) in [5, 5.41) is 6.65. The molecule has 0 bridgehead atoms. The fourth-order valence-corrected chi connectivity index (χ4v) is 2.28. The first kappa shape index (κ1) is 19.2. The predicted molar refractivity (Wildman–Crippen MR) is 95.2 cm³/mol. The second-order valence-electron chi connectivity index (χ2n) is 6.98. The number of aromatic nitrogens is 2. The minimum absolute atomic E-state index is 0.123. The van der Waals surface area contributed by atoms with Crippen LogP contribution in [-0.4, -0.2) is 21.8 Å². The van der Waals surface area contributed by atoms with Crippen LogP contribution in [0.25, 0.3) is 0 Å². The number of carbonyl (C=O) groups is 1. The third-order valence-corrected chi connectivity index (χ3v) is 3.68. The number of hydrogen-bond acceptors (Lipinski definition) is 6. The Bertz CT molecular complexity index is 737. The van der Waals surface area contributed by atoms with E-state index in [0.717, 1.165) is 4.47 Å². The van der Waals surface area contributed by atoms with Crippen molar-refractivity contribution in [2.45, 2.75) is 52.4 Å². The van der Waals surface area contributed by atoms with Gasteiger partial charge >= 0.3 is 6.09 Å². The van der Waals surface area contributed by atoms with E-state index >= 15 is 0 Å². The summed E-state index contributed by atoms with van der Waals surface area (Å²) in [6.45, 7) is 9.04. The van der Waals surface area contributed by atoms with E-state index in [1.807, 2.05) is 24.3 Å². The summed E-state index contributed by atoms with van der Waals surface area (Å²) in [6.07, 6.45) is -0.548. The van der Waals surface area contributed by atoms with Crippen LogP contribution in [0.15, 0.2) is 33.3 Å². The van der Waals surface area contributed by atoms with Gasteiger partial charge in [0.25, 0.3) is 5.89 Å². The molecule has 0 radical (unpaired) electrons. The van der Waals surface area contributed by atoms with Gasteiger partial charge in [-0.25, -0.2) is 4.79 Å². The topological polar surface area (TPSA) is 86.5 Å². The van der Waals surface area contributed by atoms with E-state index in [1.165, 1.54) is 0 Å². The van der Waals surface area contributed by atoms with Crippen molar-refractivity contribution in [1.29, 1.82) is 0 Å². The Morgan fingerprint density at radius 1 is 1.24 bits per heavy atom. The van der Waals surface area contributed by atoms with E-state index in [9.17, 15) is 4.79 Å². The average molecular weight is 412 g/mol. The Balaban J connectivity index is 1.99. The van der Waals surface area contributed by atoms with Crippen molar-refractivity contribution in [2.24, 2.45) is 0 Å². The van der Waals surface area contributed by atoms with Crippen LogP contribution in [0.3, 0.4) is 0 Å². The molecule has 0 spiro atoms. The molecule has 0 aliphatic heterocycles. The molecule has 0 fully saturated rings. The maximum Gasteiger partial charge on any atom is 0.408 e. The van der Waals surface area contributed by atoms with E-state index in [1.54, 1.807) is 34.6 Å². The van der Waals surface area contributed by atoms with Crippen molar-refractivity contribution in [1.82, 2.24) is 15.5 Å². The summed E-state index contributed by atoms with van der Waals surface area (Å²) in [5.74, 6) is 1.32. The second-order valence-corrected chi connectivity index (χ2v) is 7.84. The molecular weight excluding hydrogens is 390 g/mol. The van der Waals surface area contributed by atoms with E-state index in [2.05, 4.69) is 31.4 Å². The molecule has 1 aromatic heterocycles. The third kappa shape index (κ3) is 5.74. The molecule has 1 heterocycles. The molecule has 25 heavy (non-hydrogen) atoms. The number of para-hydroxylation sites is 1. The zero-order valence-corrected chi connectivity index (χ0v) is 16.5. The second kappa shape index (κ2) is 7.43. The molecule has 7 nitrogen and oxygen atoms in total. The van der Waals surface area contributed by atoms with Gasteiger partial charge in [-0.15, -0.1) is 0 Å². The molecule has 0 saturated carbocycles. The van der Waals surface area contributed by atoms with Crippen molar-refractivity contribution in [3.63, 3.8) is 0 Å². The molecule has 8 heteroatoms. The number of ether oxygens (including phenoxy) is 2. The molecule has 2 rings (SSSR count). The molecule has 1 aromatic carbocycles. The lowest BCUT2D eigenvalue weighted by Crippen LogP contribution is -2.44. The number of nitrogens with one attached hydrogen (secondary N) is 1. The Morgan fingerprint density at radius 3 is 2.56 bits per heavy atom. The fraction of sp³-hybridized carbons (Fsp3) is 0.471. The smallest absolute Gasteiger partial charge is 0.408 e. The molecule has 0 aliphatic carbocycles. The lowest BCUT2D eigenvalue weighted by molar-refractivity contribution is 0.0465. The van der Waals surface area contributed by atoms with Crippen molar-refractivity contribution in [3.8, 4) is 5.75 Å². The van der Waals surface area contributed by atoms with E-state index in [4.69, 9.17) is 14.0 Å². The first-order valence-corrected chi connectivity index (χ1v) is 8.58. The van der Waals surface area contributed by atoms with Gasteiger partial charge in [-0.3, -0.25) is 0 Å². The van der Waals surface area contributed by atoms with Gasteiger partial charge in [-0.05, 0) is 62.7 Å². The van der Waals surface area contributed by atoms with Gasteiger partial charge in [0.1, 0.15) is 16.9 Å². The van der Waals surface area contributed by atoms with Gasteiger partial charge < -0.3 is 19.3 Å².